The normalized spacial score (nSPS) is 17.7. The molecular formula is C25H33ClN4O5. The second-order valence-corrected chi connectivity index (χ2v) is 9.22. The van der Waals surface area contributed by atoms with Crippen molar-refractivity contribution in [1.29, 1.82) is 0 Å². The van der Waals surface area contributed by atoms with Crippen molar-refractivity contribution >= 4 is 29.4 Å². The number of pyridine rings is 1. The number of hydrogen-bond acceptors (Lipinski definition) is 6. The molecule has 4 rings (SSSR count). The number of aliphatic hydroxyl groups excluding tert-OH is 1. The number of aryl methyl sites for hydroxylation is 2. The number of aromatic nitrogens is 3. The highest BCUT2D eigenvalue weighted by Gasteiger charge is 2.23. The summed E-state index contributed by atoms with van der Waals surface area (Å²) in [6.45, 7) is 5.81. The zero-order chi connectivity index (χ0) is 24.4. The predicted molar refractivity (Wildman–Crippen MR) is 136 cm³/mol. The van der Waals surface area contributed by atoms with E-state index in [9.17, 15) is 19.8 Å². The number of benzene rings is 1. The first-order chi connectivity index (χ1) is 16.2. The number of aliphatic hydroxyl groups is 1. The Morgan fingerprint density at radius 2 is 2.11 bits per heavy atom. The molecule has 2 aromatic heterocycles. The van der Waals surface area contributed by atoms with E-state index in [1.807, 2.05) is 30.5 Å². The van der Waals surface area contributed by atoms with Crippen LogP contribution >= 0.6 is 12.4 Å². The standard InChI is InChI=1S/C25H32N4O5.ClH/c1-15-9-19(13-28(3)24(15)31)23-27-20-10-17(11-26-22(16(2)30)25(32)33)6-7-21(20)29(23)12-18-5-4-8-34-14-18;/h6-7,9-10,13,16,18,22,26,30H,4-5,8,11-12,14H2,1-3H3,(H,32,33);1H/t16-,18+,22+;/m1./s1. The fourth-order valence-electron chi connectivity index (χ4n) is 4.59. The lowest BCUT2D eigenvalue weighted by Crippen LogP contribution is -2.44. The van der Waals surface area contributed by atoms with Crippen LogP contribution in [-0.2, 0) is 29.7 Å². The summed E-state index contributed by atoms with van der Waals surface area (Å²) in [5, 5.41) is 21.9. The molecule has 0 amide bonds. The Kier molecular flexibility index (Phi) is 8.71. The molecule has 190 valence electrons. The Bertz CT molecular complexity index is 1220. The minimum Gasteiger partial charge on any atom is -0.480 e. The van der Waals surface area contributed by atoms with Gasteiger partial charge < -0.3 is 24.1 Å². The van der Waals surface area contributed by atoms with Crippen LogP contribution in [0.1, 0.15) is 30.9 Å². The molecule has 0 saturated carbocycles. The molecule has 0 aliphatic carbocycles. The van der Waals surface area contributed by atoms with Crippen LogP contribution in [0.4, 0.5) is 0 Å². The first-order valence-corrected chi connectivity index (χ1v) is 11.6. The van der Waals surface area contributed by atoms with Crippen LogP contribution in [0.5, 0.6) is 0 Å². The van der Waals surface area contributed by atoms with Gasteiger partial charge in [-0.15, -0.1) is 12.4 Å². The van der Waals surface area contributed by atoms with Crippen molar-refractivity contribution in [3.63, 3.8) is 0 Å². The maximum Gasteiger partial charge on any atom is 0.323 e. The number of nitrogens with zero attached hydrogens (tertiary/aromatic N) is 3. The number of aliphatic carboxylic acids is 1. The van der Waals surface area contributed by atoms with Crippen molar-refractivity contribution in [2.24, 2.45) is 13.0 Å². The molecule has 0 spiro atoms. The molecule has 3 heterocycles. The van der Waals surface area contributed by atoms with Crippen molar-refractivity contribution < 1.29 is 19.7 Å². The highest BCUT2D eigenvalue weighted by atomic mass is 35.5. The van der Waals surface area contributed by atoms with Gasteiger partial charge in [0.25, 0.3) is 5.56 Å². The first-order valence-electron chi connectivity index (χ1n) is 11.6. The van der Waals surface area contributed by atoms with Crippen molar-refractivity contribution in [3.05, 3.63) is 51.9 Å². The van der Waals surface area contributed by atoms with Gasteiger partial charge in [-0.05, 0) is 50.5 Å². The minimum absolute atomic E-state index is 0. The number of hydrogen-bond donors (Lipinski definition) is 3. The third kappa shape index (κ3) is 5.92. The second kappa shape index (κ2) is 11.3. The van der Waals surface area contributed by atoms with Crippen molar-refractivity contribution in [1.82, 2.24) is 19.4 Å². The molecule has 0 bridgehead atoms. The molecule has 3 aromatic rings. The molecule has 1 aromatic carbocycles. The summed E-state index contributed by atoms with van der Waals surface area (Å²) < 4.78 is 9.47. The third-order valence-corrected chi connectivity index (χ3v) is 6.40. The number of ether oxygens (including phenoxy) is 1. The summed E-state index contributed by atoms with van der Waals surface area (Å²) in [4.78, 5) is 28.6. The molecule has 1 fully saturated rings. The highest BCUT2D eigenvalue weighted by Crippen LogP contribution is 2.28. The maximum atomic E-state index is 12.2. The van der Waals surface area contributed by atoms with Gasteiger partial charge in [-0.1, -0.05) is 6.07 Å². The molecule has 1 saturated heterocycles. The van der Waals surface area contributed by atoms with E-state index in [4.69, 9.17) is 9.72 Å². The van der Waals surface area contributed by atoms with Gasteiger partial charge >= 0.3 is 5.97 Å². The van der Waals surface area contributed by atoms with Gasteiger partial charge in [0.1, 0.15) is 11.9 Å². The maximum absolute atomic E-state index is 12.2. The SMILES string of the molecule is Cc1cc(-c2nc3cc(CN[C@H](C(=O)O)[C@@H](C)O)ccc3n2C[C@@H]2CCCOC2)cn(C)c1=O.Cl. The lowest BCUT2D eigenvalue weighted by Gasteiger charge is -2.23. The summed E-state index contributed by atoms with van der Waals surface area (Å²) in [6.07, 6.45) is 2.92. The van der Waals surface area contributed by atoms with Crippen LogP contribution in [0.25, 0.3) is 22.4 Å². The number of fused-ring (bicyclic) bond motifs is 1. The van der Waals surface area contributed by atoms with Crippen LogP contribution in [0.15, 0.2) is 35.3 Å². The minimum atomic E-state index is -1.09. The lowest BCUT2D eigenvalue weighted by molar-refractivity contribution is -0.142. The number of carboxylic acids is 1. The van der Waals surface area contributed by atoms with E-state index >= 15 is 0 Å². The first kappa shape index (κ1) is 26.9. The monoisotopic (exact) mass is 504 g/mol. The smallest absolute Gasteiger partial charge is 0.323 e. The summed E-state index contributed by atoms with van der Waals surface area (Å²) >= 11 is 0. The summed E-state index contributed by atoms with van der Waals surface area (Å²) in [5.74, 6) is 0.0708. The Morgan fingerprint density at radius 1 is 1.34 bits per heavy atom. The summed E-state index contributed by atoms with van der Waals surface area (Å²) in [7, 11) is 1.74. The van der Waals surface area contributed by atoms with Crippen molar-refractivity contribution in [3.8, 4) is 11.4 Å². The van der Waals surface area contributed by atoms with Crippen LogP contribution in [0.2, 0.25) is 0 Å². The van der Waals surface area contributed by atoms with E-state index in [1.165, 1.54) is 6.92 Å². The summed E-state index contributed by atoms with van der Waals surface area (Å²) in [5.41, 5.74) is 4.12. The fraction of sp³-hybridized carbons (Fsp3) is 0.480. The van der Waals surface area contributed by atoms with Gasteiger partial charge in [0.15, 0.2) is 0 Å². The quantitative estimate of drug-likeness (QED) is 0.431. The van der Waals surface area contributed by atoms with Gasteiger partial charge in [-0.2, -0.15) is 0 Å². The zero-order valence-electron chi connectivity index (χ0n) is 20.2. The van der Waals surface area contributed by atoms with Gasteiger partial charge in [0.2, 0.25) is 0 Å². The molecule has 3 atom stereocenters. The molecule has 9 nitrogen and oxygen atoms in total. The molecule has 35 heavy (non-hydrogen) atoms. The van der Waals surface area contributed by atoms with Gasteiger partial charge in [0, 0.05) is 50.0 Å². The number of nitrogens with one attached hydrogen (secondary N) is 1. The van der Waals surface area contributed by atoms with Crippen LogP contribution < -0.4 is 10.9 Å². The molecule has 3 N–H and O–H groups in total. The van der Waals surface area contributed by atoms with Crippen LogP contribution in [0.3, 0.4) is 0 Å². The predicted octanol–water partition coefficient (Wildman–Crippen LogP) is 2.48. The average molecular weight is 505 g/mol. The van der Waals surface area contributed by atoms with E-state index < -0.39 is 18.1 Å². The molecule has 1 aliphatic heterocycles. The van der Waals surface area contributed by atoms with E-state index in [0.29, 0.717) is 18.1 Å². The number of rotatable bonds is 8. The van der Waals surface area contributed by atoms with Crippen molar-refractivity contribution in [2.75, 3.05) is 13.2 Å². The van der Waals surface area contributed by atoms with E-state index in [1.54, 1.807) is 18.5 Å². The van der Waals surface area contributed by atoms with Crippen LogP contribution in [-0.4, -0.2) is 55.7 Å². The van der Waals surface area contributed by atoms with E-state index in [2.05, 4.69) is 9.88 Å². The van der Waals surface area contributed by atoms with Crippen molar-refractivity contribution in [2.45, 2.75) is 51.9 Å². The van der Waals surface area contributed by atoms with Crippen LogP contribution in [0, 0.1) is 12.8 Å². The Balaban J connectivity index is 0.00000342. The topological polar surface area (TPSA) is 119 Å². The van der Waals surface area contributed by atoms with E-state index in [-0.39, 0.29) is 24.5 Å². The number of imidazole rings is 1. The molecule has 0 unspecified atom stereocenters. The Hall–Kier alpha value is -2.72. The van der Waals surface area contributed by atoms with Gasteiger partial charge in [0.05, 0.1) is 23.7 Å². The zero-order valence-corrected chi connectivity index (χ0v) is 21.0. The Labute approximate surface area is 210 Å². The fourth-order valence-corrected chi connectivity index (χ4v) is 4.59. The summed E-state index contributed by atoms with van der Waals surface area (Å²) in [6, 6.07) is 6.71. The van der Waals surface area contributed by atoms with E-state index in [0.717, 1.165) is 54.0 Å². The number of carbonyl (C=O) groups is 1. The molecular weight excluding hydrogens is 472 g/mol. The number of halogens is 1. The molecule has 10 heteroatoms. The lowest BCUT2D eigenvalue weighted by atomic mass is 10.0. The van der Waals surface area contributed by atoms with Gasteiger partial charge in [-0.25, -0.2) is 4.98 Å². The molecule has 1 aliphatic rings. The Morgan fingerprint density at radius 3 is 2.74 bits per heavy atom. The highest BCUT2D eigenvalue weighted by molar-refractivity contribution is 5.85. The average Bonchev–Trinajstić information content (AvgIpc) is 3.15. The largest absolute Gasteiger partial charge is 0.480 e. The van der Waals surface area contributed by atoms with Gasteiger partial charge in [-0.3, -0.25) is 14.9 Å². The molecule has 0 radical (unpaired) electrons. The second-order valence-electron chi connectivity index (χ2n) is 9.22. The third-order valence-electron chi connectivity index (χ3n) is 6.40. The number of carboxylic acid groups (broad SMARTS) is 1.